The van der Waals surface area contributed by atoms with E-state index >= 15 is 0 Å². The van der Waals surface area contributed by atoms with E-state index in [0.29, 0.717) is 23.9 Å². The fraction of sp³-hybridized carbons (Fsp3) is 0.536. The van der Waals surface area contributed by atoms with E-state index in [-0.39, 0.29) is 0 Å². The summed E-state index contributed by atoms with van der Waals surface area (Å²) in [5.74, 6) is 0.910. The summed E-state index contributed by atoms with van der Waals surface area (Å²) in [6.07, 6.45) is 10.6. The Morgan fingerprint density at radius 3 is 2.46 bits per heavy atom. The molecule has 4 aromatic heterocycles. The Morgan fingerprint density at radius 1 is 1.00 bits per heavy atom. The SMILES string of the molecule is Cc1c(-c2[nH]c3cnc(C4CCC(NC5COC5)CC4)c(C)c3c2C(C)C)cn2ncnc2c1C. The highest BCUT2D eigenvalue weighted by atomic mass is 16.5. The molecule has 0 aromatic carbocycles. The molecule has 7 heteroatoms. The summed E-state index contributed by atoms with van der Waals surface area (Å²) in [6.45, 7) is 12.9. The number of nitrogens with zero attached hydrogens (tertiary/aromatic N) is 4. The van der Waals surface area contributed by atoms with Gasteiger partial charge >= 0.3 is 0 Å². The smallest absolute Gasteiger partial charge is 0.158 e. The van der Waals surface area contributed by atoms with Gasteiger partial charge in [-0.1, -0.05) is 13.8 Å². The van der Waals surface area contributed by atoms with Gasteiger partial charge in [0.2, 0.25) is 0 Å². The van der Waals surface area contributed by atoms with Gasteiger partial charge in [-0.15, -0.1) is 0 Å². The van der Waals surface area contributed by atoms with Crippen molar-refractivity contribution in [3.05, 3.63) is 46.7 Å². The molecule has 0 unspecified atom stereocenters. The van der Waals surface area contributed by atoms with Crippen molar-refractivity contribution in [3.8, 4) is 11.3 Å². The Morgan fingerprint density at radius 2 is 1.77 bits per heavy atom. The second kappa shape index (κ2) is 8.71. The number of aromatic nitrogens is 5. The Labute approximate surface area is 206 Å². The molecule has 35 heavy (non-hydrogen) atoms. The second-order valence-electron chi connectivity index (χ2n) is 10.9. The molecule has 0 atom stereocenters. The lowest BCUT2D eigenvalue weighted by Gasteiger charge is -2.35. The van der Waals surface area contributed by atoms with Crippen molar-refractivity contribution in [2.24, 2.45) is 0 Å². The standard InChI is InChI=1S/C28H36N6O/c1-15(2)24-25-18(5)26(19-6-8-20(9-7-19)32-21-12-35-13-21)29-10-23(25)33-27(24)22-11-34-28(30-14-31-34)17(4)16(22)3/h10-11,14-15,19-21,32-33H,6-9,12-13H2,1-5H3. The molecule has 0 spiro atoms. The van der Waals surface area contributed by atoms with Gasteiger partial charge in [0.05, 0.1) is 36.7 Å². The number of fused-ring (bicyclic) bond motifs is 2. The number of pyridine rings is 2. The van der Waals surface area contributed by atoms with Gasteiger partial charge in [-0.2, -0.15) is 5.10 Å². The highest BCUT2D eigenvalue weighted by Crippen LogP contribution is 2.42. The van der Waals surface area contributed by atoms with Gasteiger partial charge in [0.15, 0.2) is 5.65 Å². The zero-order valence-electron chi connectivity index (χ0n) is 21.5. The maximum Gasteiger partial charge on any atom is 0.158 e. The zero-order chi connectivity index (χ0) is 24.3. The summed E-state index contributed by atoms with van der Waals surface area (Å²) in [5, 5.41) is 9.55. The van der Waals surface area contributed by atoms with Crippen LogP contribution in [0.15, 0.2) is 18.7 Å². The molecule has 5 heterocycles. The van der Waals surface area contributed by atoms with Crippen molar-refractivity contribution in [2.45, 2.75) is 84.2 Å². The molecule has 0 amide bonds. The van der Waals surface area contributed by atoms with Crippen molar-refractivity contribution < 1.29 is 4.74 Å². The van der Waals surface area contributed by atoms with Crippen LogP contribution in [0.25, 0.3) is 27.8 Å². The predicted octanol–water partition coefficient (Wildman–Crippen LogP) is 5.34. The molecule has 1 aliphatic carbocycles. The fourth-order valence-electron chi connectivity index (χ4n) is 6.25. The van der Waals surface area contributed by atoms with Crippen LogP contribution in [-0.4, -0.2) is 49.9 Å². The van der Waals surface area contributed by atoms with Crippen LogP contribution in [0.2, 0.25) is 0 Å². The number of rotatable bonds is 5. The van der Waals surface area contributed by atoms with Crippen LogP contribution in [0.1, 0.15) is 79.3 Å². The minimum atomic E-state index is 0.378. The second-order valence-corrected chi connectivity index (χ2v) is 10.9. The number of aromatic amines is 1. The van der Waals surface area contributed by atoms with E-state index in [4.69, 9.17) is 9.72 Å². The van der Waals surface area contributed by atoms with Crippen molar-refractivity contribution >= 4 is 16.6 Å². The molecule has 7 nitrogen and oxygen atoms in total. The molecule has 6 rings (SSSR count). The van der Waals surface area contributed by atoms with Gasteiger partial charge in [-0.05, 0) is 74.6 Å². The highest BCUT2D eigenvalue weighted by molar-refractivity contribution is 5.94. The monoisotopic (exact) mass is 472 g/mol. The van der Waals surface area contributed by atoms with Gasteiger partial charge in [-0.3, -0.25) is 4.98 Å². The first-order valence-corrected chi connectivity index (χ1v) is 13.1. The molecule has 0 bridgehead atoms. The maximum atomic E-state index is 5.34. The van der Waals surface area contributed by atoms with E-state index in [1.165, 1.54) is 70.3 Å². The first-order valence-electron chi connectivity index (χ1n) is 13.1. The number of aryl methyl sites for hydroxylation is 2. The van der Waals surface area contributed by atoms with E-state index in [9.17, 15) is 0 Å². The third kappa shape index (κ3) is 3.76. The summed E-state index contributed by atoms with van der Waals surface area (Å²) in [4.78, 5) is 13.2. The summed E-state index contributed by atoms with van der Waals surface area (Å²) >= 11 is 0. The molecular weight excluding hydrogens is 436 g/mol. The average molecular weight is 473 g/mol. The molecule has 1 aliphatic heterocycles. The Hall–Kier alpha value is -2.77. The first kappa shape index (κ1) is 22.7. The number of hydrogen-bond donors (Lipinski definition) is 2. The van der Waals surface area contributed by atoms with Crippen LogP contribution >= 0.6 is 0 Å². The molecular formula is C28H36N6O. The molecule has 1 saturated heterocycles. The molecule has 1 saturated carbocycles. The quantitative estimate of drug-likeness (QED) is 0.410. The van der Waals surface area contributed by atoms with Crippen LogP contribution in [0.3, 0.4) is 0 Å². The minimum absolute atomic E-state index is 0.378. The highest BCUT2D eigenvalue weighted by Gasteiger charge is 2.29. The number of H-pyrrole nitrogens is 1. The minimum Gasteiger partial charge on any atom is -0.378 e. The van der Waals surface area contributed by atoms with Crippen molar-refractivity contribution in [1.82, 2.24) is 29.9 Å². The van der Waals surface area contributed by atoms with Crippen molar-refractivity contribution in [3.63, 3.8) is 0 Å². The third-order valence-electron chi connectivity index (χ3n) is 8.36. The number of hydrogen-bond acceptors (Lipinski definition) is 5. The third-order valence-corrected chi connectivity index (χ3v) is 8.36. The molecule has 4 aromatic rings. The van der Waals surface area contributed by atoms with Gasteiger partial charge in [0.1, 0.15) is 6.33 Å². The summed E-state index contributed by atoms with van der Waals surface area (Å²) in [6, 6.07) is 1.18. The van der Waals surface area contributed by atoms with Crippen LogP contribution in [-0.2, 0) is 4.74 Å². The van der Waals surface area contributed by atoms with Crippen LogP contribution in [0.4, 0.5) is 0 Å². The molecule has 2 N–H and O–H groups in total. The maximum absolute atomic E-state index is 5.34. The van der Waals surface area contributed by atoms with Crippen LogP contribution < -0.4 is 5.32 Å². The molecule has 2 aliphatic rings. The van der Waals surface area contributed by atoms with E-state index in [1.807, 2.05) is 4.52 Å². The average Bonchev–Trinajstić information content (AvgIpc) is 3.45. The lowest BCUT2D eigenvalue weighted by molar-refractivity contribution is -0.0121. The predicted molar refractivity (Wildman–Crippen MR) is 139 cm³/mol. The van der Waals surface area contributed by atoms with E-state index in [0.717, 1.165) is 24.4 Å². The van der Waals surface area contributed by atoms with E-state index < -0.39 is 0 Å². The summed E-state index contributed by atoms with van der Waals surface area (Å²) < 4.78 is 7.23. The molecule has 184 valence electrons. The number of nitrogens with one attached hydrogen (secondary N) is 2. The molecule has 0 radical (unpaired) electrons. The van der Waals surface area contributed by atoms with Gasteiger partial charge in [0.25, 0.3) is 0 Å². The van der Waals surface area contributed by atoms with E-state index in [2.05, 4.69) is 67.4 Å². The fourth-order valence-corrected chi connectivity index (χ4v) is 6.25. The Bertz CT molecular complexity index is 1390. The van der Waals surface area contributed by atoms with E-state index in [1.54, 1.807) is 6.33 Å². The largest absolute Gasteiger partial charge is 0.378 e. The lowest BCUT2D eigenvalue weighted by atomic mass is 9.81. The lowest BCUT2D eigenvalue weighted by Crippen LogP contribution is -2.51. The van der Waals surface area contributed by atoms with Crippen LogP contribution in [0.5, 0.6) is 0 Å². The van der Waals surface area contributed by atoms with Crippen molar-refractivity contribution in [2.75, 3.05) is 13.2 Å². The zero-order valence-corrected chi connectivity index (χ0v) is 21.5. The Kier molecular flexibility index (Phi) is 5.65. The topological polar surface area (TPSA) is 80.1 Å². The van der Waals surface area contributed by atoms with Crippen molar-refractivity contribution in [1.29, 1.82) is 0 Å². The molecule has 2 fully saturated rings. The summed E-state index contributed by atoms with van der Waals surface area (Å²) in [7, 11) is 0. The first-order chi connectivity index (χ1) is 16.9. The number of ether oxygens (including phenoxy) is 1. The Balaban J connectivity index is 1.39. The van der Waals surface area contributed by atoms with Gasteiger partial charge < -0.3 is 15.0 Å². The summed E-state index contributed by atoms with van der Waals surface area (Å²) in [5.41, 5.74) is 10.8. The van der Waals surface area contributed by atoms with Gasteiger partial charge in [-0.25, -0.2) is 9.50 Å². The van der Waals surface area contributed by atoms with Crippen LogP contribution in [0, 0.1) is 20.8 Å². The normalized spacial score (nSPS) is 21.3. The van der Waals surface area contributed by atoms with Gasteiger partial charge in [0, 0.05) is 34.8 Å².